The minimum absolute atomic E-state index is 0.0125. The average molecular weight is 258 g/mol. The quantitative estimate of drug-likeness (QED) is 0.872. The van der Waals surface area contributed by atoms with Gasteiger partial charge in [0.1, 0.15) is 0 Å². The lowest BCUT2D eigenvalue weighted by Gasteiger charge is -2.01. The molecule has 2 unspecified atom stereocenters. The number of amides is 1. The molecule has 2 aromatic rings. The number of rotatable bonds is 4. The van der Waals surface area contributed by atoms with Crippen LogP contribution >= 0.6 is 0 Å². The number of carbonyl (C=O) groups excluding carboxylic acids is 1. The third-order valence-corrected chi connectivity index (χ3v) is 3.24. The molecule has 1 aliphatic carbocycles. The summed E-state index contributed by atoms with van der Waals surface area (Å²) in [5.41, 5.74) is 1.21. The van der Waals surface area contributed by atoms with E-state index >= 15 is 0 Å². The molecular formula is C13H14N4O2. The molecule has 0 radical (unpaired) electrons. The van der Waals surface area contributed by atoms with Crippen LogP contribution in [0.4, 0.5) is 5.95 Å². The highest BCUT2D eigenvalue weighted by Gasteiger charge is 2.44. The summed E-state index contributed by atoms with van der Waals surface area (Å²) in [5, 5.41) is 9.09. The van der Waals surface area contributed by atoms with Crippen LogP contribution in [0.1, 0.15) is 17.9 Å². The van der Waals surface area contributed by atoms with Gasteiger partial charge in [-0.2, -0.15) is 4.98 Å². The minimum atomic E-state index is -0.0346. The van der Waals surface area contributed by atoms with Crippen LogP contribution in [0, 0.1) is 5.92 Å². The van der Waals surface area contributed by atoms with E-state index < -0.39 is 0 Å². The molecule has 19 heavy (non-hydrogen) atoms. The number of ether oxygens (including phenoxy) is 1. The van der Waals surface area contributed by atoms with Crippen LogP contribution in [-0.4, -0.2) is 28.2 Å². The van der Waals surface area contributed by atoms with Crippen molar-refractivity contribution in [2.45, 2.75) is 12.3 Å². The number of hydrogen-bond acceptors (Lipinski definition) is 4. The molecule has 1 saturated carbocycles. The van der Waals surface area contributed by atoms with E-state index in [9.17, 15) is 4.79 Å². The SMILES string of the molecule is COc1n[nH]c(NC(=O)C2CC2c2ccccc2)n1. The van der Waals surface area contributed by atoms with Gasteiger partial charge in [-0.05, 0) is 17.9 Å². The first-order chi connectivity index (χ1) is 9.28. The number of aromatic nitrogens is 3. The molecule has 2 atom stereocenters. The fourth-order valence-electron chi connectivity index (χ4n) is 2.16. The lowest BCUT2D eigenvalue weighted by molar-refractivity contribution is -0.117. The highest BCUT2D eigenvalue weighted by molar-refractivity contribution is 5.93. The van der Waals surface area contributed by atoms with Gasteiger partial charge >= 0.3 is 6.01 Å². The summed E-state index contributed by atoms with van der Waals surface area (Å²) in [6.07, 6.45) is 0.876. The Kier molecular flexibility index (Phi) is 2.91. The topological polar surface area (TPSA) is 79.9 Å². The third-order valence-electron chi connectivity index (χ3n) is 3.24. The zero-order valence-electron chi connectivity index (χ0n) is 10.5. The van der Waals surface area contributed by atoms with Crippen molar-refractivity contribution in [2.24, 2.45) is 5.92 Å². The van der Waals surface area contributed by atoms with Gasteiger partial charge in [-0.15, -0.1) is 5.10 Å². The number of benzene rings is 1. The van der Waals surface area contributed by atoms with E-state index in [1.54, 1.807) is 0 Å². The molecule has 98 valence electrons. The van der Waals surface area contributed by atoms with Crippen LogP contribution in [0.3, 0.4) is 0 Å². The predicted octanol–water partition coefficient (Wildman–Crippen LogP) is 1.56. The van der Waals surface area contributed by atoms with Crippen LogP contribution < -0.4 is 10.1 Å². The molecule has 0 spiro atoms. The highest BCUT2D eigenvalue weighted by Crippen LogP contribution is 2.47. The number of carbonyl (C=O) groups is 1. The fraction of sp³-hybridized carbons (Fsp3) is 0.308. The average Bonchev–Trinajstić information content (AvgIpc) is 3.13. The van der Waals surface area contributed by atoms with Crippen molar-refractivity contribution in [3.8, 4) is 6.01 Å². The van der Waals surface area contributed by atoms with Crippen molar-refractivity contribution < 1.29 is 9.53 Å². The van der Waals surface area contributed by atoms with Gasteiger partial charge in [-0.25, -0.2) is 5.10 Å². The van der Waals surface area contributed by atoms with Crippen LogP contribution in [0.5, 0.6) is 6.01 Å². The van der Waals surface area contributed by atoms with Gasteiger partial charge in [0.25, 0.3) is 0 Å². The first-order valence-electron chi connectivity index (χ1n) is 6.10. The highest BCUT2D eigenvalue weighted by atomic mass is 16.5. The Morgan fingerprint density at radius 2 is 2.21 bits per heavy atom. The van der Waals surface area contributed by atoms with Gasteiger partial charge in [0.05, 0.1) is 7.11 Å². The predicted molar refractivity (Wildman–Crippen MR) is 68.9 cm³/mol. The van der Waals surface area contributed by atoms with E-state index in [1.165, 1.54) is 12.7 Å². The maximum atomic E-state index is 12.0. The standard InChI is InChI=1S/C13H14N4O2/c1-19-13-15-12(16-17-13)14-11(18)10-7-9(10)8-5-3-2-4-6-8/h2-6,9-10H,7H2,1H3,(H2,14,15,16,17,18). The molecule has 1 heterocycles. The van der Waals surface area contributed by atoms with Gasteiger partial charge in [0.2, 0.25) is 11.9 Å². The lowest BCUT2D eigenvalue weighted by Crippen LogP contribution is -2.15. The number of hydrogen-bond donors (Lipinski definition) is 2. The maximum Gasteiger partial charge on any atom is 0.336 e. The van der Waals surface area contributed by atoms with Gasteiger partial charge in [-0.1, -0.05) is 30.3 Å². The Morgan fingerprint density at radius 1 is 1.42 bits per heavy atom. The molecule has 1 amide bonds. The van der Waals surface area contributed by atoms with Crippen molar-refractivity contribution >= 4 is 11.9 Å². The van der Waals surface area contributed by atoms with Gasteiger partial charge in [0, 0.05) is 5.92 Å². The van der Waals surface area contributed by atoms with Gasteiger partial charge in [-0.3, -0.25) is 10.1 Å². The second-order valence-corrected chi connectivity index (χ2v) is 4.52. The normalized spacial score (nSPS) is 20.9. The van der Waals surface area contributed by atoms with E-state index in [1.807, 2.05) is 18.2 Å². The monoisotopic (exact) mass is 258 g/mol. The maximum absolute atomic E-state index is 12.0. The molecule has 1 aromatic heterocycles. The van der Waals surface area contributed by atoms with Crippen LogP contribution in [0.2, 0.25) is 0 Å². The molecule has 6 heteroatoms. The van der Waals surface area contributed by atoms with Crippen molar-refractivity contribution in [1.82, 2.24) is 15.2 Å². The zero-order valence-corrected chi connectivity index (χ0v) is 10.5. The first kappa shape index (κ1) is 11.7. The summed E-state index contributed by atoms with van der Waals surface area (Å²) < 4.78 is 4.84. The van der Waals surface area contributed by atoms with Crippen LogP contribution in [0.15, 0.2) is 30.3 Å². The molecule has 0 bridgehead atoms. The van der Waals surface area contributed by atoms with E-state index in [-0.39, 0.29) is 17.8 Å². The smallest absolute Gasteiger partial charge is 0.336 e. The molecule has 6 nitrogen and oxygen atoms in total. The Morgan fingerprint density at radius 3 is 2.89 bits per heavy atom. The summed E-state index contributed by atoms with van der Waals surface area (Å²) in [6.45, 7) is 0. The summed E-state index contributed by atoms with van der Waals surface area (Å²) in [5.74, 6) is 0.609. The van der Waals surface area contributed by atoms with Gasteiger partial charge < -0.3 is 4.74 Å². The van der Waals surface area contributed by atoms with E-state index in [0.717, 1.165) is 6.42 Å². The fourth-order valence-corrected chi connectivity index (χ4v) is 2.16. The van der Waals surface area contributed by atoms with Crippen LogP contribution in [0.25, 0.3) is 0 Å². The molecular weight excluding hydrogens is 244 g/mol. The second kappa shape index (κ2) is 4.72. The van der Waals surface area contributed by atoms with Crippen molar-refractivity contribution in [2.75, 3.05) is 12.4 Å². The summed E-state index contributed by atoms with van der Waals surface area (Å²) in [4.78, 5) is 16.0. The molecule has 1 aliphatic rings. The number of nitrogens with zero attached hydrogens (tertiary/aromatic N) is 2. The van der Waals surface area contributed by atoms with Crippen molar-refractivity contribution in [1.29, 1.82) is 0 Å². The Hall–Kier alpha value is -2.37. The Labute approximate surface area is 110 Å². The largest absolute Gasteiger partial charge is 0.466 e. The molecule has 0 saturated heterocycles. The molecule has 2 N–H and O–H groups in total. The molecule has 1 aromatic carbocycles. The summed E-state index contributed by atoms with van der Waals surface area (Å²) >= 11 is 0. The van der Waals surface area contributed by atoms with Crippen molar-refractivity contribution in [3.63, 3.8) is 0 Å². The number of methoxy groups -OCH3 is 1. The first-order valence-corrected chi connectivity index (χ1v) is 6.10. The van der Waals surface area contributed by atoms with Crippen molar-refractivity contribution in [3.05, 3.63) is 35.9 Å². The number of H-pyrrole nitrogens is 1. The Balaban J connectivity index is 1.61. The number of anilines is 1. The Bertz CT molecular complexity index is 581. The zero-order chi connectivity index (χ0) is 13.2. The molecule has 1 fully saturated rings. The second-order valence-electron chi connectivity index (χ2n) is 4.52. The molecule has 3 rings (SSSR count). The van der Waals surface area contributed by atoms with E-state index in [2.05, 4.69) is 32.6 Å². The van der Waals surface area contributed by atoms with E-state index in [0.29, 0.717) is 11.9 Å². The lowest BCUT2D eigenvalue weighted by atomic mass is 10.1. The summed E-state index contributed by atoms with van der Waals surface area (Å²) in [7, 11) is 1.47. The van der Waals surface area contributed by atoms with E-state index in [4.69, 9.17) is 4.74 Å². The van der Waals surface area contributed by atoms with Crippen LogP contribution in [-0.2, 0) is 4.79 Å². The van der Waals surface area contributed by atoms with Gasteiger partial charge in [0.15, 0.2) is 0 Å². The minimum Gasteiger partial charge on any atom is -0.466 e. The third kappa shape index (κ3) is 2.42. The summed E-state index contributed by atoms with van der Waals surface area (Å²) in [6, 6.07) is 10.3. The number of nitrogens with one attached hydrogen (secondary N) is 2. The molecule has 0 aliphatic heterocycles. The number of aromatic amines is 1.